The number of primary amides is 1. The fraction of sp³-hybridized carbons (Fsp3) is 0.130. The summed E-state index contributed by atoms with van der Waals surface area (Å²) in [5.41, 5.74) is 8.57. The van der Waals surface area contributed by atoms with Gasteiger partial charge in [-0.2, -0.15) is 0 Å². The van der Waals surface area contributed by atoms with Crippen LogP contribution in [0.25, 0.3) is 0 Å². The van der Waals surface area contributed by atoms with Crippen molar-refractivity contribution in [2.75, 3.05) is 6.54 Å². The SMILES string of the molecule is NC(=O)c1ccc(C(=O)NCCC(c2ccccc2)c2ccccc2)cc1. The van der Waals surface area contributed by atoms with Gasteiger partial charge in [0, 0.05) is 23.6 Å². The second-order valence-electron chi connectivity index (χ2n) is 6.36. The van der Waals surface area contributed by atoms with Crippen LogP contribution in [-0.2, 0) is 0 Å². The predicted octanol–water partition coefficient (Wildman–Crippen LogP) is 3.74. The molecule has 0 aliphatic heterocycles. The normalized spacial score (nSPS) is 10.6. The van der Waals surface area contributed by atoms with Crippen molar-refractivity contribution in [3.05, 3.63) is 107 Å². The Bertz CT molecular complexity index is 851. The van der Waals surface area contributed by atoms with Crippen molar-refractivity contribution in [2.45, 2.75) is 12.3 Å². The molecule has 0 aromatic heterocycles. The molecule has 4 nitrogen and oxygen atoms in total. The summed E-state index contributed by atoms with van der Waals surface area (Å²) in [6, 6.07) is 26.9. The van der Waals surface area contributed by atoms with Gasteiger partial charge in [-0.05, 0) is 41.8 Å². The Kier molecular flexibility index (Phi) is 6.00. The standard InChI is InChI=1S/C23H22N2O2/c24-22(26)19-11-13-20(14-12-19)23(27)25-16-15-21(17-7-3-1-4-8-17)18-9-5-2-6-10-18/h1-14,21H,15-16H2,(H2,24,26)(H,25,27). The largest absolute Gasteiger partial charge is 0.366 e. The second kappa shape index (κ2) is 8.81. The average Bonchev–Trinajstić information content (AvgIpc) is 2.72. The van der Waals surface area contributed by atoms with E-state index in [0.29, 0.717) is 17.7 Å². The van der Waals surface area contributed by atoms with E-state index in [9.17, 15) is 9.59 Å². The number of carbonyl (C=O) groups excluding carboxylic acids is 2. The van der Waals surface area contributed by atoms with E-state index in [2.05, 4.69) is 29.6 Å². The lowest BCUT2D eigenvalue weighted by Crippen LogP contribution is -2.26. The van der Waals surface area contributed by atoms with Crippen LogP contribution >= 0.6 is 0 Å². The Morgan fingerprint density at radius 2 is 1.22 bits per heavy atom. The van der Waals surface area contributed by atoms with Gasteiger partial charge < -0.3 is 11.1 Å². The van der Waals surface area contributed by atoms with Crippen molar-refractivity contribution in [2.24, 2.45) is 5.73 Å². The molecule has 0 bridgehead atoms. The molecule has 27 heavy (non-hydrogen) atoms. The van der Waals surface area contributed by atoms with Crippen LogP contribution in [0.15, 0.2) is 84.9 Å². The third kappa shape index (κ3) is 4.82. The van der Waals surface area contributed by atoms with Crippen LogP contribution in [0.3, 0.4) is 0 Å². The van der Waals surface area contributed by atoms with Crippen LogP contribution in [0.2, 0.25) is 0 Å². The van der Waals surface area contributed by atoms with E-state index in [4.69, 9.17) is 5.73 Å². The van der Waals surface area contributed by atoms with Gasteiger partial charge in [0.2, 0.25) is 5.91 Å². The van der Waals surface area contributed by atoms with Gasteiger partial charge in [-0.15, -0.1) is 0 Å². The Morgan fingerprint density at radius 1 is 0.741 bits per heavy atom. The highest BCUT2D eigenvalue weighted by atomic mass is 16.2. The predicted molar refractivity (Wildman–Crippen MR) is 107 cm³/mol. The van der Waals surface area contributed by atoms with Gasteiger partial charge in [0.1, 0.15) is 0 Å². The third-order valence-corrected chi connectivity index (χ3v) is 4.55. The van der Waals surface area contributed by atoms with Crippen molar-refractivity contribution in [1.29, 1.82) is 0 Å². The molecule has 0 aliphatic rings. The van der Waals surface area contributed by atoms with Crippen LogP contribution in [-0.4, -0.2) is 18.4 Å². The molecule has 3 aromatic carbocycles. The number of rotatable bonds is 7. The van der Waals surface area contributed by atoms with Gasteiger partial charge >= 0.3 is 0 Å². The number of nitrogens with one attached hydrogen (secondary N) is 1. The van der Waals surface area contributed by atoms with E-state index in [1.54, 1.807) is 24.3 Å². The van der Waals surface area contributed by atoms with E-state index < -0.39 is 5.91 Å². The number of amides is 2. The van der Waals surface area contributed by atoms with E-state index in [0.717, 1.165) is 6.42 Å². The molecule has 0 saturated carbocycles. The number of hydrogen-bond donors (Lipinski definition) is 2. The van der Waals surface area contributed by atoms with Crippen LogP contribution in [0.4, 0.5) is 0 Å². The van der Waals surface area contributed by atoms with Crippen molar-refractivity contribution in [3.63, 3.8) is 0 Å². The molecule has 0 saturated heterocycles. The lowest BCUT2D eigenvalue weighted by molar-refractivity contribution is 0.0950. The van der Waals surface area contributed by atoms with Crippen molar-refractivity contribution in [1.82, 2.24) is 5.32 Å². The molecule has 2 amide bonds. The zero-order valence-electron chi connectivity index (χ0n) is 15.0. The Morgan fingerprint density at radius 3 is 1.70 bits per heavy atom. The van der Waals surface area contributed by atoms with Gasteiger partial charge in [-0.1, -0.05) is 60.7 Å². The summed E-state index contributed by atoms with van der Waals surface area (Å²) in [7, 11) is 0. The van der Waals surface area contributed by atoms with Crippen LogP contribution in [0.1, 0.15) is 44.2 Å². The highest BCUT2D eigenvalue weighted by molar-refractivity contribution is 5.97. The quantitative estimate of drug-likeness (QED) is 0.675. The Labute approximate surface area is 159 Å². The minimum absolute atomic E-state index is 0.161. The average molecular weight is 358 g/mol. The van der Waals surface area contributed by atoms with Gasteiger partial charge in [-0.3, -0.25) is 9.59 Å². The molecule has 0 aliphatic carbocycles. The number of nitrogens with two attached hydrogens (primary N) is 1. The van der Waals surface area contributed by atoms with Crippen LogP contribution in [0, 0.1) is 0 Å². The van der Waals surface area contributed by atoms with Crippen LogP contribution < -0.4 is 11.1 Å². The first-order valence-corrected chi connectivity index (χ1v) is 8.93. The number of benzene rings is 3. The zero-order valence-corrected chi connectivity index (χ0v) is 15.0. The molecule has 3 rings (SSSR count). The molecule has 0 heterocycles. The lowest BCUT2D eigenvalue weighted by Gasteiger charge is -2.18. The molecule has 3 aromatic rings. The summed E-state index contributed by atoms with van der Waals surface area (Å²) in [5, 5.41) is 2.96. The smallest absolute Gasteiger partial charge is 0.251 e. The highest BCUT2D eigenvalue weighted by Crippen LogP contribution is 2.27. The van der Waals surface area contributed by atoms with E-state index >= 15 is 0 Å². The van der Waals surface area contributed by atoms with E-state index in [1.807, 2.05) is 36.4 Å². The minimum atomic E-state index is -0.504. The maximum atomic E-state index is 12.4. The monoisotopic (exact) mass is 358 g/mol. The molecule has 0 atom stereocenters. The maximum Gasteiger partial charge on any atom is 0.251 e. The lowest BCUT2D eigenvalue weighted by atomic mass is 9.88. The summed E-state index contributed by atoms with van der Waals surface area (Å²) < 4.78 is 0. The molecular formula is C23H22N2O2. The molecule has 0 fully saturated rings. The third-order valence-electron chi connectivity index (χ3n) is 4.55. The summed E-state index contributed by atoms with van der Waals surface area (Å²) in [6.45, 7) is 0.546. The Hall–Kier alpha value is -3.40. The molecule has 0 radical (unpaired) electrons. The zero-order chi connectivity index (χ0) is 19.1. The van der Waals surface area contributed by atoms with E-state index in [1.165, 1.54) is 11.1 Å². The summed E-state index contributed by atoms with van der Waals surface area (Å²) in [6.07, 6.45) is 0.791. The minimum Gasteiger partial charge on any atom is -0.366 e. The summed E-state index contributed by atoms with van der Waals surface area (Å²) in [5.74, 6) is -0.452. The first-order chi connectivity index (χ1) is 13.1. The van der Waals surface area contributed by atoms with E-state index in [-0.39, 0.29) is 11.8 Å². The van der Waals surface area contributed by atoms with Crippen molar-refractivity contribution >= 4 is 11.8 Å². The first-order valence-electron chi connectivity index (χ1n) is 8.93. The number of carbonyl (C=O) groups is 2. The highest BCUT2D eigenvalue weighted by Gasteiger charge is 2.14. The molecule has 136 valence electrons. The number of hydrogen-bond acceptors (Lipinski definition) is 2. The van der Waals surface area contributed by atoms with Gasteiger partial charge in [-0.25, -0.2) is 0 Å². The Balaban J connectivity index is 1.65. The van der Waals surface area contributed by atoms with Gasteiger partial charge in [0.05, 0.1) is 0 Å². The second-order valence-corrected chi connectivity index (χ2v) is 6.36. The maximum absolute atomic E-state index is 12.4. The van der Waals surface area contributed by atoms with Crippen molar-refractivity contribution < 1.29 is 9.59 Å². The first kappa shape index (κ1) is 18.4. The summed E-state index contributed by atoms with van der Waals surface area (Å²) >= 11 is 0. The molecule has 0 spiro atoms. The van der Waals surface area contributed by atoms with Gasteiger partial charge in [0.15, 0.2) is 0 Å². The summed E-state index contributed by atoms with van der Waals surface area (Å²) in [4.78, 5) is 23.5. The molecule has 4 heteroatoms. The fourth-order valence-corrected chi connectivity index (χ4v) is 3.11. The van der Waals surface area contributed by atoms with Gasteiger partial charge in [0.25, 0.3) is 5.91 Å². The molecule has 0 unspecified atom stereocenters. The molecule has 3 N–H and O–H groups in total. The fourth-order valence-electron chi connectivity index (χ4n) is 3.11. The van der Waals surface area contributed by atoms with Crippen LogP contribution in [0.5, 0.6) is 0 Å². The molecular weight excluding hydrogens is 336 g/mol. The topological polar surface area (TPSA) is 72.2 Å². The van der Waals surface area contributed by atoms with Crippen molar-refractivity contribution in [3.8, 4) is 0 Å².